The number of hydrogen-bond donors (Lipinski definition) is 1. The fourth-order valence-corrected chi connectivity index (χ4v) is 1.41. The monoisotopic (exact) mass is 203 g/mol. The van der Waals surface area contributed by atoms with Crippen molar-refractivity contribution >= 4 is 0 Å². The minimum atomic E-state index is -0.958. The number of aliphatic hydroxyl groups is 1. The van der Waals surface area contributed by atoms with Crippen molar-refractivity contribution in [2.75, 3.05) is 0 Å². The lowest BCUT2D eigenvalue weighted by Gasteiger charge is -2.11. The van der Waals surface area contributed by atoms with Gasteiger partial charge >= 0.3 is 0 Å². The van der Waals surface area contributed by atoms with Crippen molar-refractivity contribution < 1.29 is 9.50 Å². The fraction of sp³-hybridized carbons (Fsp3) is 0.0833. The minimum absolute atomic E-state index is 0.198. The molecule has 0 fully saturated rings. The molecule has 1 atom stereocenters. The van der Waals surface area contributed by atoms with Gasteiger partial charge in [-0.3, -0.25) is 4.98 Å². The van der Waals surface area contributed by atoms with Crippen LogP contribution in [0.1, 0.15) is 17.2 Å². The van der Waals surface area contributed by atoms with Crippen molar-refractivity contribution in [1.29, 1.82) is 0 Å². The number of halogens is 1. The number of benzene rings is 1. The van der Waals surface area contributed by atoms with E-state index in [4.69, 9.17) is 0 Å². The van der Waals surface area contributed by atoms with Crippen LogP contribution in [0.25, 0.3) is 0 Å². The molecule has 2 aromatic rings. The van der Waals surface area contributed by atoms with Crippen LogP contribution in [0.4, 0.5) is 4.39 Å². The second-order valence-corrected chi connectivity index (χ2v) is 3.21. The van der Waals surface area contributed by atoms with E-state index in [-0.39, 0.29) is 5.56 Å². The smallest absolute Gasteiger partial charge is 0.132 e. The Bertz CT molecular complexity index is 444. The average Bonchev–Trinajstić information content (AvgIpc) is 2.30. The molecule has 0 spiro atoms. The standard InChI is InChI=1S/C12H10FNO/c13-11-6-7-14-8-10(11)12(15)9-4-2-1-3-5-9/h1-8,12,15H. The molecular formula is C12H10FNO. The fourth-order valence-electron chi connectivity index (χ4n) is 1.41. The van der Waals surface area contributed by atoms with Crippen molar-refractivity contribution in [3.63, 3.8) is 0 Å². The molecular weight excluding hydrogens is 193 g/mol. The summed E-state index contributed by atoms with van der Waals surface area (Å²) in [5.74, 6) is -0.443. The summed E-state index contributed by atoms with van der Waals surface area (Å²) in [6, 6.07) is 10.2. The van der Waals surface area contributed by atoms with Crippen molar-refractivity contribution in [2.24, 2.45) is 0 Å². The average molecular weight is 203 g/mol. The Morgan fingerprint density at radius 2 is 1.87 bits per heavy atom. The highest BCUT2D eigenvalue weighted by Gasteiger charge is 2.14. The molecule has 3 heteroatoms. The highest BCUT2D eigenvalue weighted by molar-refractivity contribution is 5.28. The lowest BCUT2D eigenvalue weighted by molar-refractivity contribution is 0.214. The molecule has 1 aromatic carbocycles. The molecule has 76 valence electrons. The zero-order valence-corrected chi connectivity index (χ0v) is 7.97. The molecule has 15 heavy (non-hydrogen) atoms. The van der Waals surface area contributed by atoms with E-state index in [1.165, 1.54) is 18.5 Å². The van der Waals surface area contributed by atoms with Crippen molar-refractivity contribution in [3.05, 3.63) is 65.7 Å². The van der Waals surface area contributed by atoms with Crippen LogP contribution < -0.4 is 0 Å². The van der Waals surface area contributed by atoms with Crippen molar-refractivity contribution in [3.8, 4) is 0 Å². The summed E-state index contributed by atoms with van der Waals surface area (Å²) in [4.78, 5) is 3.79. The third kappa shape index (κ3) is 2.02. The number of aromatic nitrogens is 1. The van der Waals surface area contributed by atoms with Crippen LogP contribution in [0.2, 0.25) is 0 Å². The Balaban J connectivity index is 2.37. The second-order valence-electron chi connectivity index (χ2n) is 3.21. The van der Waals surface area contributed by atoms with Gasteiger partial charge in [-0.05, 0) is 11.6 Å². The summed E-state index contributed by atoms with van der Waals surface area (Å²) >= 11 is 0. The van der Waals surface area contributed by atoms with Gasteiger partial charge in [0.2, 0.25) is 0 Å². The molecule has 1 heterocycles. The normalized spacial score (nSPS) is 12.4. The van der Waals surface area contributed by atoms with E-state index in [1.54, 1.807) is 24.3 Å². The van der Waals surface area contributed by atoms with E-state index in [1.807, 2.05) is 6.07 Å². The van der Waals surface area contributed by atoms with E-state index < -0.39 is 11.9 Å². The Labute approximate surface area is 87.0 Å². The van der Waals surface area contributed by atoms with E-state index in [0.29, 0.717) is 5.56 Å². The Kier molecular flexibility index (Phi) is 2.74. The third-order valence-corrected chi connectivity index (χ3v) is 2.21. The number of pyridine rings is 1. The van der Waals surface area contributed by atoms with Gasteiger partial charge in [0.15, 0.2) is 0 Å². The first-order chi connectivity index (χ1) is 7.29. The van der Waals surface area contributed by atoms with E-state index in [2.05, 4.69) is 4.98 Å². The van der Waals surface area contributed by atoms with Gasteiger partial charge in [-0.15, -0.1) is 0 Å². The van der Waals surface area contributed by atoms with E-state index >= 15 is 0 Å². The molecule has 0 radical (unpaired) electrons. The summed E-state index contributed by atoms with van der Waals surface area (Å²) in [7, 11) is 0. The molecule has 1 N–H and O–H groups in total. The highest BCUT2D eigenvalue weighted by atomic mass is 19.1. The lowest BCUT2D eigenvalue weighted by atomic mass is 10.0. The molecule has 1 unspecified atom stereocenters. The van der Waals surface area contributed by atoms with Gasteiger partial charge in [0.25, 0.3) is 0 Å². The SMILES string of the molecule is OC(c1ccccc1)c1cnccc1F. The van der Waals surface area contributed by atoms with Crippen LogP contribution >= 0.6 is 0 Å². The molecule has 0 saturated heterocycles. The zero-order valence-electron chi connectivity index (χ0n) is 7.97. The number of aliphatic hydroxyl groups excluding tert-OH is 1. The predicted octanol–water partition coefficient (Wildman–Crippen LogP) is 2.30. The van der Waals surface area contributed by atoms with Gasteiger partial charge in [-0.25, -0.2) is 4.39 Å². The van der Waals surface area contributed by atoms with Gasteiger partial charge in [-0.2, -0.15) is 0 Å². The molecule has 2 rings (SSSR count). The number of nitrogens with zero attached hydrogens (tertiary/aromatic N) is 1. The Hall–Kier alpha value is -1.74. The van der Waals surface area contributed by atoms with E-state index in [0.717, 1.165) is 0 Å². The first-order valence-electron chi connectivity index (χ1n) is 4.61. The predicted molar refractivity (Wildman–Crippen MR) is 54.7 cm³/mol. The third-order valence-electron chi connectivity index (χ3n) is 2.21. The maximum Gasteiger partial charge on any atom is 0.132 e. The van der Waals surface area contributed by atoms with Crippen LogP contribution in [0.15, 0.2) is 48.8 Å². The first kappa shape index (κ1) is 9.80. The summed E-state index contributed by atoms with van der Waals surface area (Å²) in [5.41, 5.74) is 0.855. The Morgan fingerprint density at radius 1 is 1.13 bits per heavy atom. The van der Waals surface area contributed by atoms with Crippen LogP contribution in [0, 0.1) is 5.82 Å². The molecule has 1 aromatic heterocycles. The topological polar surface area (TPSA) is 33.1 Å². The van der Waals surface area contributed by atoms with Gasteiger partial charge in [0.05, 0.1) is 0 Å². The summed E-state index contributed by atoms with van der Waals surface area (Å²) < 4.78 is 13.3. The van der Waals surface area contributed by atoms with Crippen LogP contribution in [0.5, 0.6) is 0 Å². The lowest BCUT2D eigenvalue weighted by Crippen LogP contribution is -2.02. The summed E-state index contributed by atoms with van der Waals surface area (Å²) in [6.45, 7) is 0. The maximum atomic E-state index is 13.3. The van der Waals surface area contributed by atoms with Crippen molar-refractivity contribution in [1.82, 2.24) is 4.98 Å². The molecule has 0 aliphatic carbocycles. The van der Waals surface area contributed by atoms with Gasteiger partial charge in [0.1, 0.15) is 11.9 Å². The molecule has 0 aliphatic heterocycles. The van der Waals surface area contributed by atoms with Crippen molar-refractivity contribution in [2.45, 2.75) is 6.10 Å². The summed E-state index contributed by atoms with van der Waals surface area (Å²) in [6.07, 6.45) is 1.74. The highest BCUT2D eigenvalue weighted by Crippen LogP contribution is 2.22. The number of hydrogen-bond acceptors (Lipinski definition) is 2. The zero-order chi connectivity index (χ0) is 10.7. The quantitative estimate of drug-likeness (QED) is 0.812. The first-order valence-corrected chi connectivity index (χ1v) is 4.61. The van der Waals surface area contributed by atoms with Crippen LogP contribution in [-0.2, 0) is 0 Å². The molecule has 0 amide bonds. The summed E-state index contributed by atoms with van der Waals surface area (Å²) in [5, 5.41) is 9.89. The minimum Gasteiger partial charge on any atom is -0.383 e. The second kappa shape index (κ2) is 4.19. The van der Waals surface area contributed by atoms with Crippen LogP contribution in [0.3, 0.4) is 0 Å². The van der Waals surface area contributed by atoms with Crippen LogP contribution in [-0.4, -0.2) is 10.1 Å². The molecule has 0 saturated carbocycles. The van der Waals surface area contributed by atoms with Gasteiger partial charge in [-0.1, -0.05) is 30.3 Å². The largest absolute Gasteiger partial charge is 0.383 e. The number of rotatable bonds is 2. The molecule has 0 bridgehead atoms. The Morgan fingerprint density at radius 3 is 2.53 bits per heavy atom. The molecule has 2 nitrogen and oxygen atoms in total. The maximum absolute atomic E-state index is 13.3. The molecule has 0 aliphatic rings. The van der Waals surface area contributed by atoms with E-state index in [9.17, 15) is 9.50 Å². The van der Waals surface area contributed by atoms with Gasteiger partial charge < -0.3 is 5.11 Å². The van der Waals surface area contributed by atoms with Gasteiger partial charge in [0, 0.05) is 18.0 Å².